The number of hydrogen-bond donors (Lipinski definition) is 2. The number of phenolic OH excluding ortho intramolecular Hbond substituents is 1. The van der Waals surface area contributed by atoms with Crippen LogP contribution in [0.4, 0.5) is 17.1 Å². The maximum absolute atomic E-state index is 13.5. The summed E-state index contributed by atoms with van der Waals surface area (Å²) >= 11 is 0.960. The van der Waals surface area contributed by atoms with Crippen molar-refractivity contribution < 1.29 is 24.6 Å². The standard InChI is InChI=1S/C30H20N4O5S/c35-25-16-15-24(33-32-23-9-5-2-6-10-23)17-21(25)18-26-28(37)34(27(36)19-7-3-1-4-8-19)30(40-26)31-22-13-11-20(12-14-22)29(38)39/h1-18,35H,(H,38,39)/b26-18+,31-30?,33-32?. The average Bonchev–Trinajstić information content (AvgIpc) is 3.28. The molecule has 10 heteroatoms. The molecular formula is C30H20N4O5S. The highest BCUT2D eigenvalue weighted by atomic mass is 32.2. The molecule has 1 fully saturated rings. The van der Waals surface area contributed by atoms with Crippen LogP contribution in [0, 0.1) is 0 Å². The van der Waals surface area contributed by atoms with Crippen LogP contribution in [-0.4, -0.2) is 38.1 Å². The first-order valence-electron chi connectivity index (χ1n) is 11.9. The number of carboxylic acid groups (broad SMARTS) is 1. The second kappa shape index (κ2) is 11.6. The maximum Gasteiger partial charge on any atom is 0.335 e. The van der Waals surface area contributed by atoms with Crippen LogP contribution in [-0.2, 0) is 4.79 Å². The number of thioether (sulfide) groups is 1. The van der Waals surface area contributed by atoms with E-state index in [1.165, 1.54) is 36.4 Å². The van der Waals surface area contributed by atoms with Crippen molar-refractivity contribution in [3.63, 3.8) is 0 Å². The summed E-state index contributed by atoms with van der Waals surface area (Å²) < 4.78 is 0. The number of aromatic carboxylic acids is 1. The van der Waals surface area contributed by atoms with Gasteiger partial charge in [0.2, 0.25) is 0 Å². The van der Waals surface area contributed by atoms with Gasteiger partial charge in [-0.2, -0.15) is 10.2 Å². The number of rotatable bonds is 6. The molecule has 196 valence electrons. The third-order valence-corrected chi connectivity index (χ3v) is 6.67. The van der Waals surface area contributed by atoms with E-state index in [0.717, 1.165) is 16.7 Å². The summed E-state index contributed by atoms with van der Waals surface area (Å²) in [6.07, 6.45) is 1.46. The molecule has 4 aromatic carbocycles. The van der Waals surface area contributed by atoms with Gasteiger partial charge in [0, 0.05) is 11.1 Å². The third kappa shape index (κ3) is 5.87. The normalized spacial score (nSPS) is 15.3. The minimum absolute atomic E-state index is 0.0803. The molecule has 0 atom stereocenters. The molecule has 0 saturated carbocycles. The highest BCUT2D eigenvalue weighted by Crippen LogP contribution is 2.37. The fourth-order valence-electron chi connectivity index (χ4n) is 3.70. The van der Waals surface area contributed by atoms with Crippen LogP contribution in [0.1, 0.15) is 26.3 Å². The molecule has 9 nitrogen and oxygen atoms in total. The number of hydrogen-bond acceptors (Lipinski definition) is 8. The summed E-state index contributed by atoms with van der Waals surface area (Å²) in [5.74, 6) is -2.36. The summed E-state index contributed by atoms with van der Waals surface area (Å²) in [6, 6.07) is 27.8. The largest absolute Gasteiger partial charge is 0.507 e. The number of carbonyl (C=O) groups excluding carboxylic acids is 2. The van der Waals surface area contributed by atoms with Crippen molar-refractivity contribution in [1.29, 1.82) is 0 Å². The second-order valence-corrected chi connectivity index (χ2v) is 9.46. The van der Waals surface area contributed by atoms with E-state index in [2.05, 4.69) is 15.2 Å². The van der Waals surface area contributed by atoms with Gasteiger partial charge in [0.05, 0.1) is 27.5 Å². The van der Waals surface area contributed by atoms with Crippen molar-refractivity contribution >= 4 is 57.9 Å². The third-order valence-electron chi connectivity index (χ3n) is 5.70. The highest BCUT2D eigenvalue weighted by molar-refractivity contribution is 8.18. The van der Waals surface area contributed by atoms with Crippen LogP contribution in [0.15, 0.2) is 123 Å². The Balaban J connectivity index is 1.51. The Bertz CT molecular complexity index is 1680. The molecule has 1 aliphatic rings. The van der Waals surface area contributed by atoms with E-state index in [1.54, 1.807) is 54.6 Å². The van der Waals surface area contributed by atoms with E-state index in [0.29, 0.717) is 22.6 Å². The predicted molar refractivity (Wildman–Crippen MR) is 152 cm³/mol. The zero-order chi connectivity index (χ0) is 28.1. The smallest absolute Gasteiger partial charge is 0.335 e. The van der Waals surface area contributed by atoms with Crippen molar-refractivity contribution in [2.75, 3.05) is 0 Å². The van der Waals surface area contributed by atoms with Gasteiger partial charge in [-0.15, -0.1) is 0 Å². The molecule has 0 spiro atoms. The number of aliphatic imine (C=N–C) groups is 1. The number of azo groups is 1. The van der Waals surface area contributed by atoms with Gasteiger partial charge in [-0.1, -0.05) is 36.4 Å². The zero-order valence-corrected chi connectivity index (χ0v) is 21.5. The van der Waals surface area contributed by atoms with E-state index < -0.39 is 17.8 Å². The van der Waals surface area contributed by atoms with Gasteiger partial charge in [0.1, 0.15) is 5.75 Å². The molecule has 0 bridgehead atoms. The van der Waals surface area contributed by atoms with Gasteiger partial charge < -0.3 is 10.2 Å². The topological polar surface area (TPSA) is 132 Å². The van der Waals surface area contributed by atoms with Crippen LogP contribution in [0.5, 0.6) is 5.75 Å². The number of carboxylic acids is 1. The Labute approximate surface area is 232 Å². The molecule has 2 amide bonds. The molecule has 0 aromatic heterocycles. The summed E-state index contributed by atoms with van der Waals surface area (Å²) in [5.41, 5.74) is 2.14. The van der Waals surface area contributed by atoms with E-state index >= 15 is 0 Å². The SMILES string of the molecule is O=C(O)c1ccc(N=C2S/C(=C/c3cc(N=Nc4ccccc4)ccc3O)C(=O)N2C(=O)c2ccccc2)cc1. The number of aromatic hydroxyl groups is 1. The Morgan fingerprint density at radius 1 is 0.750 bits per heavy atom. The number of imide groups is 1. The number of phenols is 1. The summed E-state index contributed by atoms with van der Waals surface area (Å²) in [6.45, 7) is 0. The zero-order valence-electron chi connectivity index (χ0n) is 20.7. The second-order valence-electron chi connectivity index (χ2n) is 8.45. The first-order chi connectivity index (χ1) is 19.4. The molecule has 0 radical (unpaired) electrons. The lowest BCUT2D eigenvalue weighted by Gasteiger charge is -2.13. The Kier molecular flexibility index (Phi) is 7.61. The summed E-state index contributed by atoms with van der Waals surface area (Å²) in [5, 5.41) is 28.1. The first kappa shape index (κ1) is 26.3. The minimum Gasteiger partial charge on any atom is -0.507 e. The Hall–Kier alpha value is -5.35. The van der Waals surface area contributed by atoms with Gasteiger partial charge in [0.25, 0.3) is 11.8 Å². The van der Waals surface area contributed by atoms with Crippen LogP contribution < -0.4 is 0 Å². The van der Waals surface area contributed by atoms with Crippen molar-refractivity contribution in [3.8, 4) is 5.75 Å². The summed E-state index contributed by atoms with van der Waals surface area (Å²) in [4.78, 5) is 43.7. The van der Waals surface area contributed by atoms with Crippen molar-refractivity contribution in [2.24, 2.45) is 15.2 Å². The Morgan fingerprint density at radius 2 is 1.38 bits per heavy atom. The number of carbonyl (C=O) groups is 3. The molecule has 2 N–H and O–H groups in total. The monoisotopic (exact) mass is 548 g/mol. The fourth-order valence-corrected chi connectivity index (χ4v) is 4.67. The van der Waals surface area contributed by atoms with Gasteiger partial charge >= 0.3 is 5.97 Å². The van der Waals surface area contributed by atoms with Crippen molar-refractivity contribution in [3.05, 3.63) is 125 Å². The quantitative estimate of drug-likeness (QED) is 0.152. The number of nitrogens with zero attached hydrogens (tertiary/aromatic N) is 4. The van der Waals surface area contributed by atoms with Crippen LogP contribution in [0.2, 0.25) is 0 Å². The van der Waals surface area contributed by atoms with Crippen molar-refractivity contribution in [1.82, 2.24) is 4.90 Å². The van der Waals surface area contributed by atoms with Gasteiger partial charge in [-0.25, -0.2) is 14.7 Å². The molecule has 1 heterocycles. The Morgan fingerprint density at radius 3 is 2.05 bits per heavy atom. The predicted octanol–water partition coefficient (Wildman–Crippen LogP) is 6.95. The first-order valence-corrected chi connectivity index (χ1v) is 12.8. The van der Waals surface area contributed by atoms with E-state index in [4.69, 9.17) is 5.11 Å². The van der Waals surface area contributed by atoms with Gasteiger partial charge in [-0.3, -0.25) is 9.59 Å². The number of amides is 2. The van der Waals surface area contributed by atoms with E-state index in [1.807, 2.05) is 18.2 Å². The fraction of sp³-hybridized carbons (Fsp3) is 0. The number of amidine groups is 1. The molecule has 1 aliphatic heterocycles. The average molecular weight is 549 g/mol. The van der Waals surface area contributed by atoms with Crippen molar-refractivity contribution in [2.45, 2.75) is 0 Å². The van der Waals surface area contributed by atoms with Gasteiger partial charge in [0.15, 0.2) is 5.17 Å². The number of benzene rings is 4. The molecule has 5 rings (SSSR count). The molecule has 40 heavy (non-hydrogen) atoms. The van der Waals surface area contributed by atoms with Crippen LogP contribution >= 0.6 is 11.8 Å². The lowest BCUT2D eigenvalue weighted by Crippen LogP contribution is -2.35. The molecule has 0 aliphatic carbocycles. The highest BCUT2D eigenvalue weighted by Gasteiger charge is 2.38. The molecule has 4 aromatic rings. The van der Waals surface area contributed by atoms with E-state index in [9.17, 15) is 19.5 Å². The van der Waals surface area contributed by atoms with Crippen LogP contribution in [0.25, 0.3) is 6.08 Å². The lowest BCUT2D eigenvalue weighted by molar-refractivity contribution is -0.120. The van der Waals surface area contributed by atoms with E-state index in [-0.39, 0.29) is 26.9 Å². The lowest BCUT2D eigenvalue weighted by atomic mass is 10.1. The minimum atomic E-state index is -1.08. The molecular weight excluding hydrogens is 528 g/mol. The molecule has 1 saturated heterocycles. The van der Waals surface area contributed by atoms with Gasteiger partial charge in [-0.05, 0) is 84.6 Å². The maximum atomic E-state index is 13.5. The summed E-state index contributed by atoms with van der Waals surface area (Å²) in [7, 11) is 0. The van der Waals surface area contributed by atoms with Crippen LogP contribution in [0.3, 0.4) is 0 Å². The molecule has 0 unspecified atom stereocenters.